The van der Waals surface area contributed by atoms with Gasteiger partial charge in [-0.25, -0.2) is 4.98 Å². The first-order valence-corrected chi connectivity index (χ1v) is 5.61. The number of carbonyl (C=O) groups is 2. The number of hydrogen-bond acceptors (Lipinski definition) is 4. The first-order valence-electron chi connectivity index (χ1n) is 5.61. The Morgan fingerprint density at radius 1 is 1.44 bits per heavy atom. The van der Waals surface area contributed by atoms with E-state index < -0.39 is 0 Å². The van der Waals surface area contributed by atoms with Crippen LogP contribution in [0.25, 0.3) is 0 Å². The molecule has 0 aliphatic carbocycles. The van der Waals surface area contributed by atoms with E-state index in [2.05, 4.69) is 4.98 Å². The molecule has 0 spiro atoms. The molecule has 0 atom stereocenters. The molecule has 1 aliphatic rings. The van der Waals surface area contributed by atoms with Gasteiger partial charge >= 0.3 is 0 Å². The highest BCUT2D eigenvalue weighted by atomic mass is 16.3. The second kappa shape index (κ2) is 4.14. The first-order chi connectivity index (χ1) is 8.79. The van der Waals surface area contributed by atoms with Crippen molar-refractivity contribution in [2.75, 3.05) is 6.54 Å². The fourth-order valence-electron chi connectivity index (χ4n) is 2.10. The second-order valence-corrected chi connectivity index (χ2v) is 4.09. The standard InChI is InChI=1S/C12H11N3O3/c16-7-9-10-6-14(3-4-15(10)8-13-9)12(17)11-2-1-5-18-11/h1-2,5,7-8H,3-4,6H2. The van der Waals surface area contributed by atoms with E-state index in [0.717, 1.165) is 5.69 Å². The van der Waals surface area contributed by atoms with Crippen LogP contribution < -0.4 is 0 Å². The van der Waals surface area contributed by atoms with E-state index in [-0.39, 0.29) is 5.91 Å². The first kappa shape index (κ1) is 10.8. The van der Waals surface area contributed by atoms with Gasteiger partial charge in [-0.05, 0) is 12.1 Å². The average molecular weight is 245 g/mol. The normalized spacial score (nSPS) is 14.3. The maximum atomic E-state index is 12.1. The van der Waals surface area contributed by atoms with E-state index >= 15 is 0 Å². The average Bonchev–Trinajstić information content (AvgIpc) is 3.06. The van der Waals surface area contributed by atoms with Crippen molar-refractivity contribution in [2.24, 2.45) is 0 Å². The Bertz CT molecular complexity index is 586. The highest BCUT2D eigenvalue weighted by molar-refractivity contribution is 5.91. The van der Waals surface area contributed by atoms with Crippen LogP contribution in [0, 0.1) is 0 Å². The Kier molecular flexibility index (Phi) is 2.47. The number of rotatable bonds is 2. The van der Waals surface area contributed by atoms with E-state index in [1.807, 2.05) is 4.57 Å². The van der Waals surface area contributed by atoms with Crippen molar-refractivity contribution in [3.05, 3.63) is 41.9 Å². The molecule has 3 rings (SSSR count). The molecule has 2 aromatic rings. The van der Waals surface area contributed by atoms with Gasteiger partial charge in [-0.3, -0.25) is 9.59 Å². The minimum Gasteiger partial charge on any atom is -0.459 e. The van der Waals surface area contributed by atoms with Crippen molar-refractivity contribution in [1.82, 2.24) is 14.5 Å². The molecular formula is C12H11N3O3. The van der Waals surface area contributed by atoms with Gasteiger partial charge in [0.2, 0.25) is 0 Å². The number of fused-ring (bicyclic) bond motifs is 1. The van der Waals surface area contributed by atoms with E-state index in [4.69, 9.17) is 4.42 Å². The smallest absolute Gasteiger partial charge is 0.289 e. The summed E-state index contributed by atoms with van der Waals surface area (Å²) in [5.74, 6) is 0.153. The maximum absolute atomic E-state index is 12.1. The number of nitrogens with zero attached hydrogens (tertiary/aromatic N) is 3. The van der Waals surface area contributed by atoms with E-state index in [1.54, 1.807) is 23.4 Å². The van der Waals surface area contributed by atoms with Crippen LogP contribution >= 0.6 is 0 Å². The molecule has 0 unspecified atom stereocenters. The fraction of sp³-hybridized carbons (Fsp3) is 0.250. The predicted octanol–water partition coefficient (Wildman–Crippen LogP) is 0.945. The van der Waals surface area contributed by atoms with Crippen LogP contribution in [-0.2, 0) is 13.1 Å². The van der Waals surface area contributed by atoms with Crippen molar-refractivity contribution in [1.29, 1.82) is 0 Å². The molecule has 0 saturated carbocycles. The van der Waals surface area contributed by atoms with Crippen LogP contribution in [0.4, 0.5) is 0 Å². The molecular weight excluding hydrogens is 234 g/mol. The summed E-state index contributed by atoms with van der Waals surface area (Å²) in [6.45, 7) is 1.61. The lowest BCUT2D eigenvalue weighted by Crippen LogP contribution is -2.38. The summed E-state index contributed by atoms with van der Waals surface area (Å²) in [7, 11) is 0. The molecule has 0 fully saturated rings. The molecule has 18 heavy (non-hydrogen) atoms. The van der Waals surface area contributed by atoms with Crippen LogP contribution in [0.1, 0.15) is 26.7 Å². The third-order valence-electron chi connectivity index (χ3n) is 3.06. The van der Waals surface area contributed by atoms with Crippen LogP contribution in [0.5, 0.6) is 0 Å². The van der Waals surface area contributed by atoms with E-state index in [9.17, 15) is 9.59 Å². The number of amides is 1. The zero-order chi connectivity index (χ0) is 12.5. The zero-order valence-corrected chi connectivity index (χ0v) is 9.57. The van der Waals surface area contributed by atoms with Crippen molar-refractivity contribution < 1.29 is 14.0 Å². The molecule has 0 N–H and O–H groups in total. The largest absolute Gasteiger partial charge is 0.459 e. The van der Waals surface area contributed by atoms with Gasteiger partial charge in [0.05, 0.1) is 24.8 Å². The fourth-order valence-corrected chi connectivity index (χ4v) is 2.10. The summed E-state index contributed by atoms with van der Waals surface area (Å²) in [5.41, 5.74) is 1.17. The molecule has 0 saturated heterocycles. The van der Waals surface area contributed by atoms with Crippen LogP contribution in [-0.4, -0.2) is 33.2 Å². The van der Waals surface area contributed by atoms with Gasteiger partial charge in [0, 0.05) is 13.1 Å². The van der Waals surface area contributed by atoms with Crippen molar-refractivity contribution >= 4 is 12.2 Å². The number of aromatic nitrogens is 2. The monoisotopic (exact) mass is 245 g/mol. The maximum Gasteiger partial charge on any atom is 0.289 e. The number of carbonyl (C=O) groups excluding carboxylic acids is 2. The SMILES string of the molecule is O=Cc1ncn2c1CN(C(=O)c1ccco1)CC2. The topological polar surface area (TPSA) is 68.3 Å². The number of hydrogen-bond donors (Lipinski definition) is 0. The summed E-state index contributed by atoms with van der Waals surface area (Å²) in [4.78, 5) is 28.6. The number of aldehydes is 1. The third-order valence-corrected chi connectivity index (χ3v) is 3.06. The lowest BCUT2D eigenvalue weighted by atomic mass is 10.2. The molecule has 1 amide bonds. The van der Waals surface area contributed by atoms with Gasteiger partial charge in [0.15, 0.2) is 12.0 Å². The van der Waals surface area contributed by atoms with Crippen molar-refractivity contribution in [3.8, 4) is 0 Å². The minimum absolute atomic E-state index is 0.163. The second-order valence-electron chi connectivity index (χ2n) is 4.09. The summed E-state index contributed by atoms with van der Waals surface area (Å²) < 4.78 is 6.99. The van der Waals surface area contributed by atoms with Crippen LogP contribution in [0.15, 0.2) is 29.1 Å². The van der Waals surface area contributed by atoms with Gasteiger partial charge in [-0.15, -0.1) is 0 Å². The molecule has 2 aromatic heterocycles. The Labute approximate surface area is 103 Å². The highest BCUT2D eigenvalue weighted by Crippen LogP contribution is 2.17. The van der Waals surface area contributed by atoms with Gasteiger partial charge in [0.25, 0.3) is 5.91 Å². The molecule has 0 bridgehead atoms. The highest BCUT2D eigenvalue weighted by Gasteiger charge is 2.25. The van der Waals surface area contributed by atoms with Gasteiger partial charge in [0.1, 0.15) is 5.69 Å². The van der Waals surface area contributed by atoms with Gasteiger partial charge in [-0.1, -0.05) is 0 Å². The lowest BCUT2D eigenvalue weighted by molar-refractivity contribution is 0.0677. The summed E-state index contributed by atoms with van der Waals surface area (Å²) in [6, 6.07) is 3.31. The third kappa shape index (κ3) is 1.62. The molecule has 1 aliphatic heterocycles. The number of furan rings is 1. The minimum atomic E-state index is -0.163. The summed E-state index contributed by atoms with van der Waals surface area (Å²) in [5, 5.41) is 0. The van der Waals surface area contributed by atoms with Crippen molar-refractivity contribution in [3.63, 3.8) is 0 Å². The molecule has 0 radical (unpaired) electrons. The van der Waals surface area contributed by atoms with Gasteiger partial charge < -0.3 is 13.9 Å². The zero-order valence-electron chi connectivity index (χ0n) is 9.57. The predicted molar refractivity (Wildman–Crippen MR) is 61.1 cm³/mol. The quantitative estimate of drug-likeness (QED) is 0.738. The Morgan fingerprint density at radius 3 is 3.06 bits per heavy atom. The molecule has 92 valence electrons. The Morgan fingerprint density at radius 2 is 2.33 bits per heavy atom. The molecule has 6 heteroatoms. The Balaban J connectivity index is 1.86. The van der Waals surface area contributed by atoms with E-state index in [1.165, 1.54) is 6.26 Å². The van der Waals surface area contributed by atoms with Crippen LogP contribution in [0.3, 0.4) is 0 Å². The van der Waals surface area contributed by atoms with Crippen LogP contribution in [0.2, 0.25) is 0 Å². The van der Waals surface area contributed by atoms with Crippen molar-refractivity contribution in [2.45, 2.75) is 13.1 Å². The summed E-state index contributed by atoms with van der Waals surface area (Å²) in [6.07, 6.45) is 3.82. The summed E-state index contributed by atoms with van der Waals surface area (Å²) >= 11 is 0. The molecule has 6 nitrogen and oxygen atoms in total. The lowest BCUT2D eigenvalue weighted by Gasteiger charge is -2.27. The Hall–Kier alpha value is -2.37. The van der Waals surface area contributed by atoms with E-state index in [0.29, 0.717) is 37.4 Å². The molecule has 3 heterocycles. The molecule has 0 aromatic carbocycles. The number of imidazole rings is 1. The van der Waals surface area contributed by atoms with Gasteiger partial charge in [-0.2, -0.15) is 0 Å².